The van der Waals surface area contributed by atoms with Crippen molar-refractivity contribution in [3.63, 3.8) is 0 Å². The number of carbonyl (C=O) groups is 3. The van der Waals surface area contributed by atoms with E-state index < -0.39 is 29.5 Å². The summed E-state index contributed by atoms with van der Waals surface area (Å²) in [6.07, 6.45) is 1.13. The fraction of sp³-hybridized carbons (Fsp3) is 0.727. The highest BCUT2D eigenvalue weighted by atomic mass is 16.4. The van der Waals surface area contributed by atoms with Crippen molar-refractivity contribution in [1.82, 2.24) is 10.2 Å². The van der Waals surface area contributed by atoms with Gasteiger partial charge < -0.3 is 21.1 Å². The van der Waals surface area contributed by atoms with Crippen molar-refractivity contribution in [1.29, 1.82) is 0 Å². The number of carbonyl (C=O) groups excluding carboxylic acids is 2. The molecule has 0 aromatic rings. The van der Waals surface area contributed by atoms with E-state index in [1.807, 2.05) is 0 Å². The Morgan fingerprint density at radius 1 is 1.44 bits per heavy atom. The highest BCUT2D eigenvalue weighted by molar-refractivity contribution is 5.84. The lowest BCUT2D eigenvalue weighted by atomic mass is 10.0. The van der Waals surface area contributed by atoms with E-state index in [0.29, 0.717) is 19.4 Å². The van der Waals surface area contributed by atoms with Crippen molar-refractivity contribution in [2.45, 2.75) is 44.7 Å². The summed E-state index contributed by atoms with van der Waals surface area (Å²) in [4.78, 5) is 35.1. The summed E-state index contributed by atoms with van der Waals surface area (Å²) >= 11 is 0. The molecule has 4 N–H and O–H groups in total. The molecule has 0 aromatic heterocycles. The van der Waals surface area contributed by atoms with E-state index in [9.17, 15) is 14.4 Å². The fourth-order valence-corrected chi connectivity index (χ4v) is 2.11. The Morgan fingerprint density at radius 3 is 2.56 bits per heavy atom. The summed E-state index contributed by atoms with van der Waals surface area (Å²) in [5, 5.41) is 11.6. The maximum Gasteiger partial charge on any atom is 0.326 e. The summed E-state index contributed by atoms with van der Waals surface area (Å²) in [5.74, 6) is -1.52. The first-order valence-electron chi connectivity index (χ1n) is 5.83. The molecule has 102 valence electrons. The molecule has 0 spiro atoms. The number of nitrogens with one attached hydrogen (secondary N) is 1. The lowest BCUT2D eigenvalue weighted by Crippen LogP contribution is -2.53. The number of carboxylic acid groups (broad SMARTS) is 1. The van der Waals surface area contributed by atoms with Crippen LogP contribution < -0.4 is 11.1 Å². The minimum atomic E-state index is -1.00. The van der Waals surface area contributed by atoms with Crippen LogP contribution >= 0.6 is 0 Å². The molecule has 1 atom stereocenters. The number of carboxylic acids is 1. The van der Waals surface area contributed by atoms with E-state index in [-0.39, 0.29) is 6.42 Å². The van der Waals surface area contributed by atoms with E-state index in [1.54, 1.807) is 13.8 Å². The second-order valence-corrected chi connectivity index (χ2v) is 5.15. The standard InChI is InChI=1S/C11H19N3O4/c1-11(2,6-8(12)15)13-10(18)14-5-3-4-7(14)9(16)17/h7H,3-6H2,1-2H3,(H2,12,15)(H,13,18)(H,16,17). The number of amides is 3. The summed E-state index contributed by atoms with van der Waals surface area (Å²) in [6, 6.07) is -1.25. The second-order valence-electron chi connectivity index (χ2n) is 5.15. The molecule has 7 nitrogen and oxygen atoms in total. The van der Waals surface area contributed by atoms with Gasteiger partial charge in [0.25, 0.3) is 0 Å². The molecule has 1 aliphatic rings. The van der Waals surface area contributed by atoms with Gasteiger partial charge in [0.15, 0.2) is 0 Å². The average molecular weight is 257 g/mol. The lowest BCUT2D eigenvalue weighted by molar-refractivity contribution is -0.141. The molecular formula is C11H19N3O4. The number of nitrogens with two attached hydrogens (primary N) is 1. The first kappa shape index (κ1) is 14.3. The van der Waals surface area contributed by atoms with Gasteiger partial charge in [-0.15, -0.1) is 0 Å². The maximum absolute atomic E-state index is 12.0. The number of rotatable bonds is 4. The second kappa shape index (κ2) is 5.24. The van der Waals surface area contributed by atoms with Crippen molar-refractivity contribution < 1.29 is 19.5 Å². The third-order valence-electron chi connectivity index (χ3n) is 2.86. The Hall–Kier alpha value is -1.79. The van der Waals surface area contributed by atoms with Crippen molar-refractivity contribution >= 4 is 17.9 Å². The zero-order valence-electron chi connectivity index (χ0n) is 10.6. The Morgan fingerprint density at radius 2 is 2.06 bits per heavy atom. The minimum absolute atomic E-state index is 0.00428. The number of nitrogens with zero attached hydrogens (tertiary/aromatic N) is 1. The SMILES string of the molecule is CC(C)(CC(N)=O)NC(=O)N1CCCC1C(=O)O. The molecule has 3 amide bonds. The molecule has 0 aliphatic carbocycles. The third-order valence-corrected chi connectivity index (χ3v) is 2.86. The largest absolute Gasteiger partial charge is 0.480 e. The van der Waals surface area contributed by atoms with Crippen LogP contribution in [0, 0.1) is 0 Å². The van der Waals surface area contributed by atoms with Gasteiger partial charge in [-0.1, -0.05) is 0 Å². The number of primary amides is 1. The summed E-state index contributed by atoms with van der Waals surface area (Å²) in [5.41, 5.74) is 4.30. The molecule has 0 bridgehead atoms. The molecular weight excluding hydrogens is 238 g/mol. The Bertz CT molecular complexity index is 367. The van der Waals surface area contributed by atoms with Gasteiger partial charge >= 0.3 is 12.0 Å². The first-order valence-corrected chi connectivity index (χ1v) is 5.83. The van der Waals surface area contributed by atoms with Crippen molar-refractivity contribution in [2.24, 2.45) is 5.73 Å². The average Bonchev–Trinajstić information content (AvgIpc) is 2.61. The van der Waals surface area contributed by atoms with Gasteiger partial charge in [-0.25, -0.2) is 9.59 Å². The predicted molar refractivity (Wildman–Crippen MR) is 63.8 cm³/mol. The van der Waals surface area contributed by atoms with Crippen LogP contribution in [0.1, 0.15) is 33.1 Å². The number of urea groups is 1. The molecule has 0 radical (unpaired) electrons. The molecule has 7 heteroatoms. The highest BCUT2D eigenvalue weighted by Gasteiger charge is 2.36. The lowest BCUT2D eigenvalue weighted by Gasteiger charge is -2.29. The van der Waals surface area contributed by atoms with Gasteiger partial charge in [0, 0.05) is 18.5 Å². The van der Waals surface area contributed by atoms with Crippen LogP contribution in [0.3, 0.4) is 0 Å². The van der Waals surface area contributed by atoms with Crippen molar-refractivity contribution in [2.75, 3.05) is 6.54 Å². The van der Waals surface area contributed by atoms with Gasteiger partial charge in [-0.3, -0.25) is 4.79 Å². The topological polar surface area (TPSA) is 113 Å². The van der Waals surface area contributed by atoms with Gasteiger partial charge in [0.1, 0.15) is 6.04 Å². The minimum Gasteiger partial charge on any atom is -0.480 e. The molecule has 1 fully saturated rings. The predicted octanol–water partition coefficient (Wildman–Crippen LogP) is -0.101. The molecule has 1 unspecified atom stereocenters. The Kier molecular flexibility index (Phi) is 4.15. The van der Waals surface area contributed by atoms with Crippen LogP contribution in [0.4, 0.5) is 4.79 Å². The van der Waals surface area contributed by atoms with Crippen LogP contribution in [0.25, 0.3) is 0 Å². The van der Waals surface area contributed by atoms with E-state index in [4.69, 9.17) is 10.8 Å². The summed E-state index contributed by atoms with van der Waals surface area (Å²) in [6.45, 7) is 3.75. The molecule has 1 heterocycles. The molecule has 18 heavy (non-hydrogen) atoms. The van der Waals surface area contributed by atoms with Gasteiger partial charge in [-0.2, -0.15) is 0 Å². The van der Waals surface area contributed by atoms with Crippen LogP contribution in [0.2, 0.25) is 0 Å². The molecule has 1 rings (SSSR count). The smallest absolute Gasteiger partial charge is 0.326 e. The van der Waals surface area contributed by atoms with Crippen LogP contribution in [0.5, 0.6) is 0 Å². The maximum atomic E-state index is 12.0. The molecule has 0 aromatic carbocycles. The van der Waals surface area contributed by atoms with Crippen molar-refractivity contribution in [3.8, 4) is 0 Å². The van der Waals surface area contributed by atoms with Crippen LogP contribution in [-0.4, -0.2) is 46.0 Å². The van der Waals surface area contributed by atoms with Crippen LogP contribution in [0.15, 0.2) is 0 Å². The summed E-state index contributed by atoms with van der Waals surface area (Å²) < 4.78 is 0. The van der Waals surface area contributed by atoms with E-state index in [2.05, 4.69) is 5.32 Å². The Balaban J connectivity index is 2.65. The molecule has 1 aliphatic heterocycles. The van der Waals surface area contributed by atoms with Gasteiger partial charge in [-0.05, 0) is 26.7 Å². The fourth-order valence-electron chi connectivity index (χ4n) is 2.11. The third kappa shape index (κ3) is 3.61. The first-order chi connectivity index (χ1) is 8.23. The normalized spacial score (nSPS) is 19.7. The quantitative estimate of drug-likeness (QED) is 0.652. The zero-order valence-corrected chi connectivity index (χ0v) is 10.6. The highest BCUT2D eigenvalue weighted by Crippen LogP contribution is 2.18. The number of likely N-dealkylation sites (tertiary alicyclic amines) is 1. The molecule has 1 saturated heterocycles. The number of hydrogen-bond acceptors (Lipinski definition) is 3. The van der Waals surface area contributed by atoms with Crippen LogP contribution in [-0.2, 0) is 9.59 Å². The van der Waals surface area contributed by atoms with Gasteiger partial charge in [0.05, 0.1) is 0 Å². The van der Waals surface area contributed by atoms with Crippen molar-refractivity contribution in [3.05, 3.63) is 0 Å². The van der Waals surface area contributed by atoms with E-state index >= 15 is 0 Å². The van der Waals surface area contributed by atoms with E-state index in [0.717, 1.165) is 0 Å². The van der Waals surface area contributed by atoms with Gasteiger partial charge in [0.2, 0.25) is 5.91 Å². The zero-order chi connectivity index (χ0) is 13.9. The summed E-state index contributed by atoms with van der Waals surface area (Å²) in [7, 11) is 0. The molecule has 0 saturated carbocycles. The number of hydrogen-bond donors (Lipinski definition) is 3. The van der Waals surface area contributed by atoms with E-state index in [1.165, 1.54) is 4.90 Å². The Labute approximate surface area is 105 Å². The number of aliphatic carboxylic acids is 1. The monoisotopic (exact) mass is 257 g/mol.